The fraction of sp³-hybridized carbons (Fsp3) is 0.571. The lowest BCUT2D eigenvalue weighted by Gasteiger charge is -2.18. The van der Waals surface area contributed by atoms with Gasteiger partial charge in [-0.2, -0.15) is 0 Å². The van der Waals surface area contributed by atoms with Crippen LogP contribution in [0.25, 0.3) is 10.9 Å². The molecule has 8 heteroatoms. The summed E-state index contributed by atoms with van der Waals surface area (Å²) in [6.07, 6.45) is 3.85. The minimum Gasteiger partial charge on any atom is -0.493 e. The smallest absolute Gasteiger partial charge is 0.312 e. The van der Waals surface area contributed by atoms with Gasteiger partial charge in [0.1, 0.15) is 12.9 Å². The molecule has 1 aliphatic heterocycles. The maximum Gasteiger partial charge on any atom is 0.312 e. The number of hydrogen-bond acceptors (Lipinski definition) is 7. The summed E-state index contributed by atoms with van der Waals surface area (Å²) < 4.78 is 17.8. The summed E-state index contributed by atoms with van der Waals surface area (Å²) in [5, 5.41) is 0.378. The molecule has 1 aliphatic rings. The highest BCUT2D eigenvalue weighted by Crippen LogP contribution is 2.30. The van der Waals surface area contributed by atoms with Crippen molar-refractivity contribution in [1.82, 2.24) is 14.5 Å². The van der Waals surface area contributed by atoms with Crippen LogP contribution >= 0.6 is 0 Å². The molecule has 0 aliphatic carbocycles. The summed E-state index contributed by atoms with van der Waals surface area (Å²) in [6.45, 7) is 8.70. The number of carbonyl (C=O) groups is 1. The molecule has 1 saturated heterocycles. The number of nitrogens with zero attached hydrogens (tertiary/aromatic N) is 3. The molecule has 0 bridgehead atoms. The Bertz CT molecular complexity index is 926. The second kappa shape index (κ2) is 8.82. The van der Waals surface area contributed by atoms with Gasteiger partial charge in [0.2, 0.25) is 0 Å². The molecule has 1 aromatic carbocycles. The maximum absolute atomic E-state index is 12.8. The zero-order valence-electron chi connectivity index (χ0n) is 17.6. The maximum atomic E-state index is 12.8. The summed E-state index contributed by atoms with van der Waals surface area (Å²) >= 11 is 0. The van der Waals surface area contributed by atoms with Gasteiger partial charge in [0.15, 0.2) is 18.2 Å². The Morgan fingerprint density at radius 1 is 1.17 bits per heavy atom. The van der Waals surface area contributed by atoms with E-state index in [2.05, 4.69) is 9.88 Å². The fourth-order valence-corrected chi connectivity index (χ4v) is 3.17. The van der Waals surface area contributed by atoms with Crippen molar-refractivity contribution in [3.8, 4) is 11.5 Å². The fourth-order valence-electron chi connectivity index (χ4n) is 3.17. The number of carbonyl (C=O) groups excluding carboxylic acids is 1. The second-order valence-corrected chi connectivity index (χ2v) is 8.25. The van der Waals surface area contributed by atoms with Crippen molar-refractivity contribution in [1.29, 1.82) is 0 Å². The molecule has 0 radical (unpaired) electrons. The van der Waals surface area contributed by atoms with Crippen LogP contribution in [0.3, 0.4) is 0 Å². The van der Waals surface area contributed by atoms with Crippen molar-refractivity contribution in [2.24, 2.45) is 5.41 Å². The minimum absolute atomic E-state index is 0.186. The van der Waals surface area contributed by atoms with Crippen molar-refractivity contribution in [2.45, 2.75) is 40.3 Å². The number of esters is 1. The van der Waals surface area contributed by atoms with E-state index >= 15 is 0 Å². The first-order valence-corrected chi connectivity index (χ1v) is 9.89. The molecule has 158 valence electrons. The SMILES string of the molecule is COc1cc2c(=O)n(COC(=O)C(C)(C)C)cnc2cc1OCCN1CCCC1. The molecule has 1 aromatic heterocycles. The Morgan fingerprint density at radius 2 is 1.90 bits per heavy atom. The van der Waals surface area contributed by atoms with Crippen LogP contribution in [0.5, 0.6) is 11.5 Å². The number of fused-ring (bicyclic) bond motifs is 1. The standard InChI is InChI=1S/C21H29N3O5/c1-21(2,3)20(26)29-14-24-13-22-16-12-18(17(27-4)11-15(16)19(24)25)28-10-9-23-7-5-6-8-23/h11-13H,5-10,14H2,1-4H3. The lowest BCUT2D eigenvalue weighted by molar-refractivity contribution is -0.157. The van der Waals surface area contributed by atoms with Gasteiger partial charge < -0.3 is 14.2 Å². The molecule has 29 heavy (non-hydrogen) atoms. The van der Waals surface area contributed by atoms with Crippen molar-refractivity contribution < 1.29 is 19.0 Å². The van der Waals surface area contributed by atoms with Crippen LogP contribution in [0.4, 0.5) is 0 Å². The van der Waals surface area contributed by atoms with Crippen LogP contribution in [0.1, 0.15) is 33.6 Å². The third-order valence-electron chi connectivity index (χ3n) is 4.92. The average Bonchev–Trinajstić information content (AvgIpc) is 3.19. The Balaban J connectivity index is 1.77. The largest absolute Gasteiger partial charge is 0.493 e. The molecule has 0 unspecified atom stereocenters. The molecule has 3 rings (SSSR count). The predicted octanol–water partition coefficient (Wildman–Crippen LogP) is 2.43. The number of benzene rings is 1. The molecule has 2 aromatic rings. The third kappa shape index (κ3) is 5.06. The topological polar surface area (TPSA) is 82.9 Å². The van der Waals surface area contributed by atoms with Crippen LogP contribution < -0.4 is 15.0 Å². The summed E-state index contributed by atoms with van der Waals surface area (Å²) in [4.78, 5) is 31.4. The summed E-state index contributed by atoms with van der Waals surface area (Å²) in [5.74, 6) is 0.647. The first kappa shape index (κ1) is 21.1. The number of aromatic nitrogens is 2. The van der Waals surface area contributed by atoms with Gasteiger partial charge in [-0.25, -0.2) is 4.98 Å². The van der Waals surface area contributed by atoms with E-state index in [1.807, 2.05) is 0 Å². The van der Waals surface area contributed by atoms with Crippen LogP contribution in [0.2, 0.25) is 0 Å². The molecule has 0 amide bonds. The number of likely N-dealkylation sites (tertiary alicyclic amines) is 1. The van der Waals surface area contributed by atoms with Gasteiger partial charge in [-0.05, 0) is 52.8 Å². The molecule has 0 saturated carbocycles. The molecule has 1 fully saturated rings. The highest BCUT2D eigenvalue weighted by molar-refractivity contribution is 5.81. The number of methoxy groups -OCH3 is 1. The van der Waals surface area contributed by atoms with E-state index in [9.17, 15) is 9.59 Å². The summed E-state index contributed by atoms with van der Waals surface area (Å²) in [5.41, 5.74) is -0.442. The normalized spacial score (nSPS) is 14.9. The second-order valence-electron chi connectivity index (χ2n) is 8.25. The van der Waals surface area contributed by atoms with Gasteiger partial charge in [-0.15, -0.1) is 0 Å². The Morgan fingerprint density at radius 3 is 2.55 bits per heavy atom. The lowest BCUT2D eigenvalue weighted by Crippen LogP contribution is -2.28. The monoisotopic (exact) mass is 403 g/mol. The van der Waals surface area contributed by atoms with Crippen molar-refractivity contribution >= 4 is 16.9 Å². The zero-order chi connectivity index (χ0) is 21.0. The number of rotatable bonds is 7. The Hall–Kier alpha value is -2.61. The first-order chi connectivity index (χ1) is 13.8. The molecule has 2 heterocycles. The van der Waals surface area contributed by atoms with E-state index in [0.29, 0.717) is 29.0 Å². The molecule has 8 nitrogen and oxygen atoms in total. The van der Waals surface area contributed by atoms with Crippen LogP contribution in [-0.2, 0) is 16.3 Å². The minimum atomic E-state index is -0.640. The predicted molar refractivity (Wildman–Crippen MR) is 109 cm³/mol. The Kier molecular flexibility index (Phi) is 6.42. The van der Waals surface area contributed by atoms with Crippen LogP contribution in [0.15, 0.2) is 23.3 Å². The highest BCUT2D eigenvalue weighted by Gasteiger charge is 2.23. The zero-order valence-corrected chi connectivity index (χ0v) is 17.6. The van der Waals surface area contributed by atoms with Crippen LogP contribution in [0, 0.1) is 5.41 Å². The Labute approximate surface area is 170 Å². The lowest BCUT2D eigenvalue weighted by atomic mass is 9.98. The number of ether oxygens (including phenoxy) is 3. The van der Waals surface area contributed by atoms with Crippen molar-refractivity contribution in [3.05, 3.63) is 28.8 Å². The average molecular weight is 403 g/mol. The van der Waals surface area contributed by atoms with Gasteiger partial charge >= 0.3 is 5.97 Å². The van der Waals surface area contributed by atoms with E-state index < -0.39 is 5.41 Å². The van der Waals surface area contributed by atoms with Gasteiger partial charge in [-0.3, -0.25) is 19.1 Å². The molecular weight excluding hydrogens is 374 g/mol. The van der Waals surface area contributed by atoms with Gasteiger partial charge in [0.25, 0.3) is 5.56 Å². The molecule has 0 atom stereocenters. The molecular formula is C21H29N3O5. The van der Waals surface area contributed by atoms with Crippen molar-refractivity contribution in [2.75, 3.05) is 33.4 Å². The van der Waals surface area contributed by atoms with Crippen LogP contribution in [-0.4, -0.2) is 53.8 Å². The number of hydrogen-bond donors (Lipinski definition) is 0. The van der Waals surface area contributed by atoms with E-state index in [0.717, 1.165) is 19.6 Å². The molecule has 0 N–H and O–H groups in total. The van der Waals surface area contributed by atoms with E-state index in [1.54, 1.807) is 32.9 Å². The first-order valence-electron chi connectivity index (χ1n) is 9.89. The van der Waals surface area contributed by atoms with E-state index in [4.69, 9.17) is 14.2 Å². The van der Waals surface area contributed by atoms with E-state index in [-0.39, 0.29) is 18.3 Å². The van der Waals surface area contributed by atoms with E-state index in [1.165, 1.54) is 30.8 Å². The molecule has 0 spiro atoms. The van der Waals surface area contributed by atoms with Gasteiger partial charge in [0.05, 0.1) is 23.4 Å². The third-order valence-corrected chi connectivity index (χ3v) is 4.92. The highest BCUT2D eigenvalue weighted by atomic mass is 16.5. The summed E-state index contributed by atoms with van der Waals surface area (Å²) in [7, 11) is 1.54. The summed E-state index contributed by atoms with van der Waals surface area (Å²) in [6, 6.07) is 3.34. The van der Waals surface area contributed by atoms with Gasteiger partial charge in [-0.1, -0.05) is 0 Å². The van der Waals surface area contributed by atoms with Crippen molar-refractivity contribution in [3.63, 3.8) is 0 Å². The quantitative estimate of drug-likeness (QED) is 0.657. The van der Waals surface area contributed by atoms with Gasteiger partial charge in [0, 0.05) is 12.6 Å².